The number of aromatic amines is 1. The molecule has 1 fully saturated rings. The van der Waals surface area contributed by atoms with Crippen LogP contribution in [0.2, 0.25) is 0 Å². The van der Waals surface area contributed by atoms with Gasteiger partial charge in [0.1, 0.15) is 11.7 Å². The van der Waals surface area contributed by atoms with Crippen molar-refractivity contribution in [2.24, 2.45) is 0 Å². The summed E-state index contributed by atoms with van der Waals surface area (Å²) in [5.74, 6) is -0.375. The molecule has 7 heteroatoms. The van der Waals surface area contributed by atoms with E-state index in [0.717, 1.165) is 39.1 Å². The first-order valence-electron chi connectivity index (χ1n) is 10.7. The summed E-state index contributed by atoms with van der Waals surface area (Å²) in [6, 6.07) is 16.9. The Kier molecular flexibility index (Phi) is 4.81. The first-order chi connectivity index (χ1) is 15.4. The van der Waals surface area contributed by atoms with Gasteiger partial charge in [0.05, 0.1) is 11.4 Å². The van der Waals surface area contributed by atoms with Gasteiger partial charge in [-0.1, -0.05) is 29.8 Å². The summed E-state index contributed by atoms with van der Waals surface area (Å²) in [7, 11) is 0. The summed E-state index contributed by atoms with van der Waals surface area (Å²) in [6.07, 6.45) is 0. The lowest BCUT2D eigenvalue weighted by Crippen LogP contribution is -2.52. The van der Waals surface area contributed by atoms with Gasteiger partial charge in [-0.25, -0.2) is 4.68 Å². The fourth-order valence-corrected chi connectivity index (χ4v) is 4.57. The molecule has 32 heavy (non-hydrogen) atoms. The fraction of sp³-hybridized carbons (Fsp3) is 0.240. The van der Waals surface area contributed by atoms with Crippen LogP contribution >= 0.6 is 0 Å². The fourth-order valence-electron chi connectivity index (χ4n) is 4.57. The van der Waals surface area contributed by atoms with E-state index in [4.69, 9.17) is 5.10 Å². The lowest BCUT2D eigenvalue weighted by atomic mass is 9.99. The first kappa shape index (κ1) is 20.1. The van der Waals surface area contributed by atoms with E-state index < -0.39 is 6.04 Å². The highest BCUT2D eigenvalue weighted by Gasteiger charge is 2.38. The number of benzene rings is 2. The molecular weight excluding hydrogens is 402 g/mol. The Hall–Kier alpha value is -3.87. The standard InChI is InChI=1S/C25H25N5O2/c1-15-9-10-20-18(13-15)14-21(27-20)25(32)29-12-11-26-24(31)23(29)22-16(2)28-30(17(22)3)19-7-5-4-6-8-19/h4-10,13-14,23,27H,11-12H2,1-3H3,(H,26,31). The monoisotopic (exact) mass is 427 g/mol. The van der Waals surface area contributed by atoms with Gasteiger partial charge in [-0.05, 0) is 51.1 Å². The second-order valence-corrected chi connectivity index (χ2v) is 8.30. The zero-order chi connectivity index (χ0) is 22.4. The van der Waals surface area contributed by atoms with Crippen LogP contribution < -0.4 is 5.32 Å². The van der Waals surface area contributed by atoms with Crippen LogP contribution in [-0.4, -0.2) is 44.6 Å². The van der Waals surface area contributed by atoms with Crippen molar-refractivity contribution >= 4 is 22.7 Å². The van der Waals surface area contributed by atoms with E-state index in [1.807, 2.05) is 80.1 Å². The zero-order valence-electron chi connectivity index (χ0n) is 18.3. The van der Waals surface area contributed by atoms with E-state index in [-0.39, 0.29) is 11.8 Å². The number of fused-ring (bicyclic) bond motifs is 1. The zero-order valence-corrected chi connectivity index (χ0v) is 18.3. The number of carbonyl (C=O) groups excluding carboxylic acids is 2. The van der Waals surface area contributed by atoms with Crippen LogP contribution in [-0.2, 0) is 4.79 Å². The van der Waals surface area contributed by atoms with Crippen LogP contribution in [0.15, 0.2) is 54.6 Å². The number of aryl methyl sites for hydroxylation is 2. The number of nitrogens with one attached hydrogen (secondary N) is 2. The number of piperazine rings is 1. The molecular formula is C25H25N5O2. The van der Waals surface area contributed by atoms with Crippen molar-refractivity contribution in [1.82, 2.24) is 25.0 Å². The molecule has 3 heterocycles. The van der Waals surface area contributed by atoms with Crippen LogP contribution in [0.4, 0.5) is 0 Å². The van der Waals surface area contributed by atoms with Gasteiger partial charge < -0.3 is 15.2 Å². The minimum atomic E-state index is -0.734. The Bertz CT molecular complexity index is 1340. The molecule has 0 saturated carbocycles. The van der Waals surface area contributed by atoms with Crippen LogP contribution in [0, 0.1) is 20.8 Å². The maximum atomic E-state index is 13.6. The van der Waals surface area contributed by atoms with Crippen LogP contribution in [0.1, 0.15) is 39.0 Å². The van der Waals surface area contributed by atoms with E-state index in [1.54, 1.807) is 4.90 Å². The van der Waals surface area contributed by atoms with Crippen molar-refractivity contribution in [3.63, 3.8) is 0 Å². The molecule has 162 valence electrons. The number of rotatable bonds is 3. The van der Waals surface area contributed by atoms with Crippen molar-refractivity contribution in [2.75, 3.05) is 13.1 Å². The van der Waals surface area contributed by atoms with Gasteiger partial charge >= 0.3 is 0 Å². The molecule has 0 radical (unpaired) electrons. The van der Waals surface area contributed by atoms with Gasteiger partial charge in [0, 0.05) is 35.2 Å². The molecule has 2 N–H and O–H groups in total. The SMILES string of the molecule is Cc1ccc2[nH]c(C(=O)N3CCNC(=O)C3c3c(C)nn(-c4ccccc4)c3C)cc2c1. The van der Waals surface area contributed by atoms with Crippen molar-refractivity contribution in [1.29, 1.82) is 0 Å². The van der Waals surface area contributed by atoms with Crippen molar-refractivity contribution in [3.8, 4) is 5.69 Å². The van der Waals surface area contributed by atoms with E-state index in [1.165, 1.54) is 0 Å². The highest BCUT2D eigenvalue weighted by Crippen LogP contribution is 2.31. The van der Waals surface area contributed by atoms with E-state index in [9.17, 15) is 9.59 Å². The Balaban J connectivity index is 1.57. The lowest BCUT2D eigenvalue weighted by Gasteiger charge is -2.35. The molecule has 2 aromatic heterocycles. The summed E-state index contributed by atoms with van der Waals surface area (Å²) in [5, 5.41) is 8.60. The topological polar surface area (TPSA) is 83.0 Å². The van der Waals surface area contributed by atoms with Crippen LogP contribution in [0.25, 0.3) is 16.6 Å². The maximum Gasteiger partial charge on any atom is 0.271 e. The number of amides is 2. The number of carbonyl (C=O) groups is 2. The van der Waals surface area contributed by atoms with Gasteiger partial charge in [0.25, 0.3) is 5.91 Å². The van der Waals surface area contributed by atoms with Crippen molar-refractivity contribution in [2.45, 2.75) is 26.8 Å². The van der Waals surface area contributed by atoms with Gasteiger partial charge in [-0.2, -0.15) is 5.10 Å². The predicted octanol–water partition coefficient (Wildman–Crippen LogP) is 3.59. The number of aromatic nitrogens is 3. The lowest BCUT2D eigenvalue weighted by molar-refractivity contribution is -0.128. The summed E-state index contributed by atoms with van der Waals surface area (Å²) in [4.78, 5) is 31.5. The van der Waals surface area contributed by atoms with Gasteiger partial charge in [0.2, 0.25) is 5.91 Å². The average Bonchev–Trinajstić information content (AvgIpc) is 3.34. The smallest absolute Gasteiger partial charge is 0.271 e. The molecule has 0 aliphatic carbocycles. The predicted molar refractivity (Wildman–Crippen MR) is 123 cm³/mol. The molecule has 7 nitrogen and oxygen atoms in total. The van der Waals surface area contributed by atoms with E-state index in [0.29, 0.717) is 18.8 Å². The number of para-hydroxylation sites is 1. The summed E-state index contributed by atoms with van der Waals surface area (Å²) >= 11 is 0. The molecule has 1 unspecified atom stereocenters. The molecule has 2 amide bonds. The molecule has 0 spiro atoms. The highest BCUT2D eigenvalue weighted by atomic mass is 16.2. The highest BCUT2D eigenvalue weighted by molar-refractivity contribution is 6.01. The quantitative estimate of drug-likeness (QED) is 0.524. The summed E-state index contributed by atoms with van der Waals surface area (Å²) < 4.78 is 1.83. The second kappa shape index (κ2) is 7.67. The van der Waals surface area contributed by atoms with Crippen LogP contribution in [0.5, 0.6) is 0 Å². The van der Waals surface area contributed by atoms with Gasteiger partial charge in [0.15, 0.2) is 0 Å². The largest absolute Gasteiger partial charge is 0.352 e. The minimum Gasteiger partial charge on any atom is -0.352 e. The number of nitrogens with zero attached hydrogens (tertiary/aromatic N) is 3. The number of hydrogen-bond donors (Lipinski definition) is 2. The molecule has 5 rings (SSSR count). The minimum absolute atomic E-state index is 0.185. The Morgan fingerprint density at radius 1 is 1.06 bits per heavy atom. The average molecular weight is 428 g/mol. The molecule has 0 bridgehead atoms. The normalized spacial score (nSPS) is 16.4. The number of hydrogen-bond acceptors (Lipinski definition) is 3. The third-order valence-corrected chi connectivity index (χ3v) is 6.10. The third-order valence-electron chi connectivity index (χ3n) is 6.10. The molecule has 4 aromatic rings. The molecule has 1 saturated heterocycles. The molecule has 1 aliphatic heterocycles. The first-order valence-corrected chi connectivity index (χ1v) is 10.7. The number of H-pyrrole nitrogens is 1. The van der Waals surface area contributed by atoms with Crippen LogP contribution in [0.3, 0.4) is 0 Å². The second-order valence-electron chi connectivity index (χ2n) is 8.30. The Morgan fingerprint density at radius 2 is 1.84 bits per heavy atom. The molecule has 1 atom stereocenters. The van der Waals surface area contributed by atoms with Gasteiger partial charge in [-0.15, -0.1) is 0 Å². The Morgan fingerprint density at radius 3 is 2.62 bits per heavy atom. The Labute approximate surface area is 186 Å². The van der Waals surface area contributed by atoms with Crippen molar-refractivity contribution in [3.05, 3.63) is 82.8 Å². The summed E-state index contributed by atoms with van der Waals surface area (Å²) in [5.41, 5.74) is 5.78. The van der Waals surface area contributed by atoms with Crippen molar-refractivity contribution < 1.29 is 9.59 Å². The summed E-state index contributed by atoms with van der Waals surface area (Å²) in [6.45, 7) is 6.70. The van der Waals surface area contributed by atoms with E-state index in [2.05, 4.69) is 10.3 Å². The molecule has 1 aliphatic rings. The van der Waals surface area contributed by atoms with Gasteiger partial charge in [-0.3, -0.25) is 9.59 Å². The maximum absolute atomic E-state index is 13.6. The molecule has 2 aromatic carbocycles. The van der Waals surface area contributed by atoms with E-state index >= 15 is 0 Å². The third kappa shape index (κ3) is 3.26.